The van der Waals surface area contributed by atoms with Crippen LogP contribution in [-0.2, 0) is 0 Å². The molecule has 0 fully saturated rings. The summed E-state index contributed by atoms with van der Waals surface area (Å²) in [7, 11) is 0. The number of pyridine rings is 1. The second-order valence-electron chi connectivity index (χ2n) is 2.99. The van der Waals surface area contributed by atoms with Crippen LogP contribution in [0.1, 0.15) is 5.69 Å². The summed E-state index contributed by atoms with van der Waals surface area (Å²) in [5.74, 6) is 0.913. The van der Waals surface area contributed by atoms with E-state index >= 15 is 0 Å². The monoisotopic (exact) mass is 367 g/mol. The second kappa shape index (κ2) is 7.25. The van der Waals surface area contributed by atoms with Crippen molar-refractivity contribution in [2.45, 2.75) is 6.92 Å². The van der Waals surface area contributed by atoms with E-state index in [0.717, 1.165) is 22.3 Å². The fourth-order valence-corrected chi connectivity index (χ4v) is 2.29. The van der Waals surface area contributed by atoms with Crippen molar-refractivity contribution in [3.63, 3.8) is 0 Å². The van der Waals surface area contributed by atoms with Gasteiger partial charge in [-0.25, -0.2) is 0 Å². The van der Waals surface area contributed by atoms with Crippen molar-refractivity contribution in [1.29, 1.82) is 0 Å². The Bertz CT molecular complexity index is 467. The Hall–Kier alpha value is -0.120. The Labute approximate surface area is 115 Å². The molecular weight excluding hydrogens is 355 g/mol. The molecule has 0 saturated carbocycles. The maximum atomic E-state index is 5.43. The molecule has 0 aliphatic carbocycles. The zero-order valence-corrected chi connectivity index (χ0v) is 12.9. The van der Waals surface area contributed by atoms with Gasteiger partial charge in [0.2, 0.25) is 0 Å². The van der Waals surface area contributed by atoms with Crippen LogP contribution in [-0.4, -0.2) is 11.4 Å². The number of fused-ring (bicyclic) bond motifs is 1. The summed E-state index contributed by atoms with van der Waals surface area (Å²) >= 11 is 6.85. The van der Waals surface area contributed by atoms with Gasteiger partial charge < -0.3 is 4.52 Å². The van der Waals surface area contributed by atoms with Crippen LogP contribution in [0.2, 0.25) is 0 Å². The molecule has 1 aromatic heterocycles. The smallest absolute Gasteiger partial charge is 0.137 e. The van der Waals surface area contributed by atoms with Crippen LogP contribution in [0.4, 0.5) is 0 Å². The summed E-state index contributed by atoms with van der Waals surface area (Å²) in [5, 5.41) is 1.13. The van der Waals surface area contributed by atoms with Gasteiger partial charge >= 0.3 is 0 Å². The highest BCUT2D eigenvalue weighted by atomic mass is 127. The molecule has 1 atom stereocenters. The number of aromatic nitrogens is 1. The minimum Gasteiger partial charge on any atom is -0.467 e. The number of hydrogen-bond acceptors (Lipinski definition) is 2. The van der Waals surface area contributed by atoms with E-state index in [1.807, 2.05) is 31.2 Å². The van der Waals surface area contributed by atoms with Gasteiger partial charge in [-0.15, -0.1) is 11.6 Å². The van der Waals surface area contributed by atoms with Crippen molar-refractivity contribution in [1.82, 2.24) is 4.98 Å². The Morgan fingerprint density at radius 3 is 2.69 bits per heavy atom. The highest BCUT2D eigenvalue weighted by Gasteiger charge is 1.98. The largest absolute Gasteiger partial charge is 0.467 e. The van der Waals surface area contributed by atoms with Crippen LogP contribution in [0, 0.1) is 6.92 Å². The number of nitrogens with zero attached hydrogens (tertiary/aromatic N) is 1. The maximum Gasteiger partial charge on any atom is 0.137 e. The maximum absolute atomic E-state index is 5.43. The molecule has 0 bridgehead atoms. The molecule has 2 nitrogen and oxygen atoms in total. The second-order valence-corrected chi connectivity index (χ2v) is 4.67. The van der Waals surface area contributed by atoms with Crippen LogP contribution >= 0.6 is 40.1 Å². The molecule has 5 heteroatoms. The van der Waals surface area contributed by atoms with Gasteiger partial charge in [0, 0.05) is 17.5 Å². The van der Waals surface area contributed by atoms with Gasteiger partial charge in [0.05, 0.1) is 5.52 Å². The normalized spacial score (nSPS) is 10.2. The zero-order valence-electron chi connectivity index (χ0n) is 9.00. The molecule has 0 spiro atoms. The summed E-state index contributed by atoms with van der Waals surface area (Å²) in [4.78, 5) is 4.42. The lowest BCUT2D eigenvalue weighted by molar-refractivity contribution is 0.646. The van der Waals surface area contributed by atoms with Crippen molar-refractivity contribution in [3.8, 4) is 5.75 Å². The van der Waals surface area contributed by atoms with E-state index in [2.05, 4.69) is 44.7 Å². The lowest BCUT2D eigenvalue weighted by atomic mass is 10.2. The molecule has 16 heavy (non-hydrogen) atoms. The number of aryl methyl sites for hydroxylation is 1. The van der Waals surface area contributed by atoms with Crippen molar-refractivity contribution in [3.05, 3.63) is 36.0 Å². The van der Waals surface area contributed by atoms with E-state index in [9.17, 15) is 0 Å². The quantitative estimate of drug-likeness (QED) is 0.435. The molecule has 0 radical (unpaired) electrons. The third-order valence-electron chi connectivity index (χ3n) is 1.96. The number of benzene rings is 1. The third-order valence-corrected chi connectivity index (χ3v) is 2.93. The lowest BCUT2D eigenvalue weighted by Crippen LogP contribution is -1.83. The molecule has 0 amide bonds. The summed E-state index contributed by atoms with van der Waals surface area (Å²) in [6.07, 6.45) is 1.47. The van der Waals surface area contributed by atoms with Crippen molar-refractivity contribution in [2.24, 2.45) is 0 Å². The molecule has 1 unspecified atom stereocenters. The van der Waals surface area contributed by atoms with Gasteiger partial charge in [-0.1, -0.05) is 6.07 Å². The van der Waals surface area contributed by atoms with Crippen molar-refractivity contribution in [2.75, 3.05) is 6.38 Å². The number of alkyl halides is 1. The first-order valence-corrected chi connectivity index (χ1v) is 9.35. The highest BCUT2D eigenvalue weighted by Crippen LogP contribution is 2.28. The Morgan fingerprint density at radius 2 is 2.00 bits per heavy atom. The molecule has 2 rings (SSSR count). The van der Waals surface area contributed by atoms with Crippen LogP contribution < -0.4 is 4.52 Å². The van der Waals surface area contributed by atoms with Crippen LogP contribution in [0.25, 0.3) is 10.9 Å². The fourth-order valence-electron chi connectivity index (χ4n) is 1.31. The number of hydrogen-bond donors (Lipinski definition) is 0. The standard InChI is InChI=1S/C10H9INOP.CH3Cl/c1-7-2-3-8-6-9(13-14-11)4-5-10(8)12-7;1-2/h2-6,14H,1H3;1H3. The van der Waals surface area contributed by atoms with E-state index in [0.29, 0.717) is 6.45 Å². The summed E-state index contributed by atoms with van der Waals surface area (Å²) in [6, 6.07) is 10.1. The molecule has 1 heterocycles. The van der Waals surface area contributed by atoms with Crippen LogP contribution in [0.15, 0.2) is 30.3 Å². The van der Waals surface area contributed by atoms with Gasteiger partial charge in [-0.05, 0) is 53.2 Å². The van der Waals surface area contributed by atoms with Gasteiger partial charge in [-0.3, -0.25) is 4.98 Å². The molecule has 0 aliphatic heterocycles. The first-order valence-electron chi connectivity index (χ1n) is 4.57. The van der Waals surface area contributed by atoms with Crippen molar-refractivity contribution >= 4 is 51.0 Å². The van der Waals surface area contributed by atoms with Gasteiger partial charge in [0.15, 0.2) is 0 Å². The third kappa shape index (κ3) is 3.72. The van der Waals surface area contributed by atoms with Gasteiger partial charge in [-0.2, -0.15) is 0 Å². The number of halogens is 2. The van der Waals surface area contributed by atoms with Gasteiger partial charge in [0.25, 0.3) is 0 Å². The number of rotatable bonds is 2. The Balaban J connectivity index is 0.000000606. The predicted octanol–water partition coefficient (Wildman–Crippen LogP) is 4.72. The van der Waals surface area contributed by atoms with E-state index in [1.54, 1.807) is 0 Å². The van der Waals surface area contributed by atoms with Crippen molar-refractivity contribution < 1.29 is 4.52 Å². The first-order chi connectivity index (χ1) is 7.79. The average molecular weight is 368 g/mol. The minimum absolute atomic E-state index is 0.454. The van der Waals surface area contributed by atoms with Crippen LogP contribution in [0.5, 0.6) is 5.75 Å². The molecule has 86 valence electrons. The predicted molar refractivity (Wildman–Crippen MR) is 81.2 cm³/mol. The SMILES string of the molecule is CCl.Cc1ccc2cc(OPI)ccc2n1. The Kier molecular flexibility index (Phi) is 6.32. The van der Waals surface area contributed by atoms with Gasteiger partial charge in [0.1, 0.15) is 12.2 Å². The molecule has 0 aliphatic rings. The summed E-state index contributed by atoms with van der Waals surface area (Å²) in [5.41, 5.74) is 2.07. The Morgan fingerprint density at radius 1 is 1.25 bits per heavy atom. The molecule has 1 aromatic carbocycles. The minimum atomic E-state index is 0.454. The zero-order chi connectivity index (χ0) is 12.0. The van der Waals surface area contributed by atoms with E-state index < -0.39 is 0 Å². The molecule has 0 saturated heterocycles. The fraction of sp³-hybridized carbons (Fsp3) is 0.182. The van der Waals surface area contributed by atoms with E-state index in [-0.39, 0.29) is 0 Å². The summed E-state index contributed by atoms with van der Waals surface area (Å²) < 4.78 is 5.43. The van der Waals surface area contributed by atoms with E-state index in [1.165, 1.54) is 6.38 Å². The van der Waals surface area contributed by atoms with Crippen LogP contribution in [0.3, 0.4) is 0 Å². The molecule has 0 N–H and O–H groups in total. The first kappa shape index (κ1) is 13.9. The molecular formula is C11H12ClINOP. The lowest BCUT2D eigenvalue weighted by Gasteiger charge is -2.03. The highest BCUT2D eigenvalue weighted by molar-refractivity contribution is 14.2. The van der Waals surface area contributed by atoms with E-state index in [4.69, 9.17) is 4.52 Å². The summed E-state index contributed by atoms with van der Waals surface area (Å²) in [6.45, 7) is 2.45. The molecule has 2 aromatic rings. The topological polar surface area (TPSA) is 22.1 Å². The average Bonchev–Trinajstić information content (AvgIpc) is 2.32.